The second kappa shape index (κ2) is 9.73. The first kappa shape index (κ1) is 23.4. The molecule has 1 fully saturated rings. The second-order valence-electron chi connectivity index (χ2n) is 8.89. The molecule has 0 aliphatic carbocycles. The molecule has 0 saturated carbocycles. The van der Waals surface area contributed by atoms with Gasteiger partial charge >= 0.3 is 0 Å². The lowest BCUT2D eigenvalue weighted by atomic mass is 9.82. The van der Waals surface area contributed by atoms with Crippen molar-refractivity contribution in [3.63, 3.8) is 0 Å². The minimum atomic E-state index is -0.957. The molecule has 3 aromatic rings. The smallest absolute Gasteiger partial charge is 0.260 e. The summed E-state index contributed by atoms with van der Waals surface area (Å²) in [6, 6.07) is 23.4. The Morgan fingerprint density at radius 2 is 1.67 bits per heavy atom. The van der Waals surface area contributed by atoms with Crippen LogP contribution in [0.2, 0.25) is 0 Å². The van der Waals surface area contributed by atoms with Gasteiger partial charge in [0, 0.05) is 12.1 Å². The number of rotatable bonds is 5. The maximum atomic E-state index is 14.2. The van der Waals surface area contributed by atoms with Crippen LogP contribution >= 0.6 is 0 Å². The molecule has 2 heterocycles. The number of carbonyl (C=O) groups excluding carboxylic acids is 3. The van der Waals surface area contributed by atoms with E-state index in [1.807, 2.05) is 48.5 Å². The Hall–Kier alpha value is -4.33. The van der Waals surface area contributed by atoms with Gasteiger partial charge in [0.05, 0.1) is 31.3 Å². The third-order valence-corrected chi connectivity index (χ3v) is 6.76. The van der Waals surface area contributed by atoms with Crippen LogP contribution < -0.4 is 25.0 Å². The lowest BCUT2D eigenvalue weighted by Gasteiger charge is -2.43. The maximum Gasteiger partial charge on any atom is 0.260 e. The fourth-order valence-corrected chi connectivity index (χ4v) is 5.02. The van der Waals surface area contributed by atoms with Crippen LogP contribution in [0.4, 0.5) is 11.4 Å². The monoisotopic (exact) mass is 485 g/mol. The summed E-state index contributed by atoms with van der Waals surface area (Å²) in [5.74, 6) is -0.328. The quantitative estimate of drug-likeness (QED) is 0.596. The van der Waals surface area contributed by atoms with Crippen molar-refractivity contribution in [3.05, 3.63) is 84.4 Å². The molecule has 0 bridgehead atoms. The van der Waals surface area contributed by atoms with E-state index in [4.69, 9.17) is 15.2 Å². The summed E-state index contributed by atoms with van der Waals surface area (Å²) < 4.78 is 11.0. The first-order chi connectivity index (χ1) is 17.5. The van der Waals surface area contributed by atoms with Crippen molar-refractivity contribution in [1.29, 1.82) is 0 Å². The highest BCUT2D eigenvalue weighted by Gasteiger charge is 2.45. The normalized spacial score (nSPS) is 21.4. The van der Waals surface area contributed by atoms with E-state index in [2.05, 4.69) is 0 Å². The van der Waals surface area contributed by atoms with Gasteiger partial charge in [0.25, 0.3) is 5.91 Å². The molecule has 3 unspecified atom stereocenters. The zero-order valence-electron chi connectivity index (χ0n) is 19.9. The second-order valence-corrected chi connectivity index (χ2v) is 8.89. The summed E-state index contributed by atoms with van der Waals surface area (Å²) >= 11 is 0. The van der Waals surface area contributed by atoms with Crippen LogP contribution in [-0.4, -0.2) is 37.5 Å². The zero-order valence-corrected chi connectivity index (χ0v) is 19.9. The standard InChI is InChI=1S/C28H27N3O5/c1-35-20-13-11-19(12-14-20)31-25(32)16-15-21(26(31)18-7-3-2-4-8-18)28(34)30-17-24(27(29)33)36-23-10-6-5-9-22(23)30/h2-14,21,24,26H,15-17H2,1H3,(H2,29,33). The van der Waals surface area contributed by atoms with E-state index in [0.717, 1.165) is 5.56 Å². The molecule has 2 aliphatic rings. The Kier molecular flexibility index (Phi) is 6.33. The van der Waals surface area contributed by atoms with E-state index < -0.39 is 24.0 Å². The SMILES string of the molecule is COc1ccc(N2C(=O)CCC(C(=O)N3CC(C(N)=O)Oc4ccccc43)C2c2ccccc2)cc1. The highest BCUT2D eigenvalue weighted by molar-refractivity contribution is 6.02. The molecule has 0 radical (unpaired) electrons. The van der Waals surface area contributed by atoms with Crippen molar-refractivity contribution in [3.8, 4) is 11.5 Å². The molecule has 184 valence electrons. The highest BCUT2D eigenvalue weighted by atomic mass is 16.5. The van der Waals surface area contributed by atoms with Gasteiger partial charge in [-0.1, -0.05) is 42.5 Å². The van der Waals surface area contributed by atoms with Crippen molar-refractivity contribution in [1.82, 2.24) is 0 Å². The Labute approximate surface area is 209 Å². The minimum absolute atomic E-state index is 0.0136. The molecule has 36 heavy (non-hydrogen) atoms. The molecular weight excluding hydrogens is 458 g/mol. The van der Waals surface area contributed by atoms with Crippen LogP contribution in [0.5, 0.6) is 11.5 Å². The lowest BCUT2D eigenvalue weighted by molar-refractivity contribution is -0.128. The third kappa shape index (κ3) is 4.26. The number of hydrogen-bond acceptors (Lipinski definition) is 5. The number of amides is 3. The van der Waals surface area contributed by atoms with Gasteiger partial charge in [-0.3, -0.25) is 14.4 Å². The number of nitrogens with two attached hydrogens (primary N) is 1. The van der Waals surface area contributed by atoms with Gasteiger partial charge in [0.2, 0.25) is 11.8 Å². The number of ether oxygens (including phenoxy) is 2. The summed E-state index contributed by atoms with van der Waals surface area (Å²) in [5, 5.41) is 0. The van der Waals surface area contributed by atoms with Gasteiger partial charge in [-0.2, -0.15) is 0 Å². The van der Waals surface area contributed by atoms with E-state index >= 15 is 0 Å². The van der Waals surface area contributed by atoms with Crippen molar-refractivity contribution < 1.29 is 23.9 Å². The highest BCUT2D eigenvalue weighted by Crippen LogP contribution is 2.43. The summed E-state index contributed by atoms with van der Waals surface area (Å²) in [6.07, 6.45) is -0.358. The lowest BCUT2D eigenvalue weighted by Crippen LogP contribution is -2.54. The number of para-hydroxylation sites is 2. The molecule has 0 aromatic heterocycles. The van der Waals surface area contributed by atoms with Gasteiger partial charge in [-0.05, 0) is 48.4 Å². The van der Waals surface area contributed by atoms with Gasteiger partial charge in [-0.25, -0.2) is 0 Å². The average Bonchev–Trinajstić information content (AvgIpc) is 2.92. The van der Waals surface area contributed by atoms with Crippen LogP contribution in [0.15, 0.2) is 78.9 Å². The number of carbonyl (C=O) groups is 3. The Balaban J connectivity index is 1.57. The summed E-state index contributed by atoms with van der Waals surface area (Å²) in [7, 11) is 1.59. The maximum absolute atomic E-state index is 14.2. The molecular formula is C28H27N3O5. The summed E-state index contributed by atoms with van der Waals surface area (Å²) in [4.78, 5) is 42.8. The fourth-order valence-electron chi connectivity index (χ4n) is 5.02. The molecule has 2 N–H and O–H groups in total. The number of nitrogens with zero attached hydrogens (tertiary/aromatic N) is 2. The number of piperidine rings is 1. The number of benzene rings is 3. The van der Waals surface area contributed by atoms with Crippen molar-refractivity contribution in [2.75, 3.05) is 23.5 Å². The van der Waals surface area contributed by atoms with Crippen molar-refractivity contribution >= 4 is 29.1 Å². The Morgan fingerprint density at radius 1 is 0.972 bits per heavy atom. The van der Waals surface area contributed by atoms with E-state index in [9.17, 15) is 14.4 Å². The number of primary amides is 1. The van der Waals surface area contributed by atoms with Gasteiger partial charge in [0.1, 0.15) is 11.5 Å². The topological polar surface area (TPSA) is 102 Å². The van der Waals surface area contributed by atoms with Crippen LogP contribution in [0.1, 0.15) is 24.4 Å². The van der Waals surface area contributed by atoms with Crippen LogP contribution in [0, 0.1) is 5.92 Å². The third-order valence-electron chi connectivity index (χ3n) is 6.76. The Morgan fingerprint density at radius 3 is 2.36 bits per heavy atom. The first-order valence-corrected chi connectivity index (χ1v) is 11.9. The van der Waals surface area contributed by atoms with E-state index in [1.165, 1.54) is 0 Å². The fraction of sp³-hybridized carbons (Fsp3) is 0.250. The largest absolute Gasteiger partial charge is 0.497 e. The van der Waals surface area contributed by atoms with Gasteiger partial charge in [0.15, 0.2) is 6.10 Å². The Bertz CT molecular complexity index is 1280. The molecule has 3 aromatic carbocycles. The van der Waals surface area contributed by atoms with Crippen LogP contribution in [-0.2, 0) is 14.4 Å². The van der Waals surface area contributed by atoms with Crippen LogP contribution in [0.3, 0.4) is 0 Å². The van der Waals surface area contributed by atoms with E-state index in [1.54, 1.807) is 47.2 Å². The van der Waals surface area contributed by atoms with Crippen molar-refractivity contribution in [2.24, 2.45) is 11.7 Å². The van der Waals surface area contributed by atoms with E-state index in [-0.39, 0.29) is 24.8 Å². The van der Waals surface area contributed by atoms with Crippen molar-refractivity contribution in [2.45, 2.75) is 25.0 Å². The molecule has 8 heteroatoms. The molecule has 0 spiro atoms. The molecule has 2 aliphatic heterocycles. The van der Waals surface area contributed by atoms with Gasteiger partial charge < -0.3 is 25.0 Å². The molecule has 8 nitrogen and oxygen atoms in total. The summed E-state index contributed by atoms with van der Waals surface area (Å²) in [6.45, 7) is 0.0136. The van der Waals surface area contributed by atoms with Gasteiger partial charge in [-0.15, -0.1) is 0 Å². The number of anilines is 2. The van der Waals surface area contributed by atoms with Crippen LogP contribution in [0.25, 0.3) is 0 Å². The molecule has 3 atom stereocenters. The van der Waals surface area contributed by atoms with E-state index in [0.29, 0.717) is 29.3 Å². The molecule has 1 saturated heterocycles. The summed E-state index contributed by atoms with van der Waals surface area (Å²) in [5.41, 5.74) is 7.68. The predicted octanol–water partition coefficient (Wildman–Crippen LogP) is 3.46. The number of fused-ring (bicyclic) bond motifs is 1. The number of hydrogen-bond donors (Lipinski definition) is 1. The average molecular weight is 486 g/mol. The first-order valence-electron chi connectivity index (χ1n) is 11.9. The predicted molar refractivity (Wildman–Crippen MR) is 135 cm³/mol. The zero-order chi connectivity index (χ0) is 25.2. The number of methoxy groups -OCH3 is 1. The molecule has 5 rings (SSSR count). The minimum Gasteiger partial charge on any atom is -0.497 e. The molecule has 3 amide bonds.